The zero-order valence-electron chi connectivity index (χ0n) is 22.3. The Balaban J connectivity index is 1.56. The lowest BCUT2D eigenvalue weighted by Gasteiger charge is -2.24. The number of hydrogen-bond acceptors (Lipinski definition) is 8. The molecule has 3 aromatic carbocycles. The minimum Gasteiger partial charge on any atom is -0.497 e. The maximum atomic E-state index is 13.6. The van der Waals surface area contributed by atoms with Gasteiger partial charge in [-0.25, -0.2) is 18.8 Å². The van der Waals surface area contributed by atoms with Gasteiger partial charge < -0.3 is 14.8 Å². The molecule has 0 aliphatic heterocycles. The molecule has 0 unspecified atom stereocenters. The van der Waals surface area contributed by atoms with Crippen molar-refractivity contribution in [1.29, 1.82) is 0 Å². The second kappa shape index (κ2) is 12.7. The van der Waals surface area contributed by atoms with Crippen LogP contribution in [0.2, 0.25) is 5.15 Å². The monoisotopic (exact) mass is 595 g/mol. The third-order valence-corrected chi connectivity index (χ3v) is 7.90. The Kier molecular flexibility index (Phi) is 9.05. The number of halogens is 1. The Morgan fingerprint density at radius 2 is 1.63 bits per heavy atom. The molecule has 11 nitrogen and oxygen atoms in total. The number of amides is 2. The molecule has 0 fully saturated rings. The van der Waals surface area contributed by atoms with Crippen LogP contribution < -0.4 is 24.5 Å². The van der Waals surface area contributed by atoms with Crippen LogP contribution in [0.3, 0.4) is 0 Å². The number of pyridine rings is 1. The van der Waals surface area contributed by atoms with E-state index < -0.39 is 22.5 Å². The maximum Gasteiger partial charge on any atom is 0.264 e. The van der Waals surface area contributed by atoms with Crippen LogP contribution in [-0.4, -0.2) is 52.2 Å². The third-order valence-electron chi connectivity index (χ3n) is 5.81. The Bertz CT molecular complexity index is 1710. The van der Waals surface area contributed by atoms with Crippen LogP contribution in [0.4, 0.5) is 11.4 Å². The first-order valence-electron chi connectivity index (χ1n) is 12.1. The van der Waals surface area contributed by atoms with E-state index in [-0.39, 0.29) is 21.6 Å². The van der Waals surface area contributed by atoms with Crippen LogP contribution in [-0.2, 0) is 19.6 Å². The lowest BCUT2D eigenvalue weighted by molar-refractivity contribution is -0.119. The number of carbonyl (C=O) groups excluding carboxylic acids is 2. The van der Waals surface area contributed by atoms with E-state index in [2.05, 4.69) is 20.8 Å². The van der Waals surface area contributed by atoms with Gasteiger partial charge in [-0.3, -0.25) is 13.9 Å². The molecular formula is C28H26ClN5O6S. The molecule has 1 aromatic heterocycles. The highest BCUT2D eigenvalue weighted by atomic mass is 35.5. The fourth-order valence-electron chi connectivity index (χ4n) is 3.80. The quantitative estimate of drug-likeness (QED) is 0.159. The summed E-state index contributed by atoms with van der Waals surface area (Å²) in [6.45, 7) is 0.766. The number of ether oxygens (including phenoxy) is 2. The molecule has 4 aromatic rings. The van der Waals surface area contributed by atoms with Gasteiger partial charge in [-0.1, -0.05) is 11.6 Å². The average Bonchev–Trinajstić information content (AvgIpc) is 2.96. The van der Waals surface area contributed by atoms with Gasteiger partial charge in [0, 0.05) is 29.6 Å². The number of nitrogens with one attached hydrogen (secondary N) is 2. The molecule has 1 heterocycles. The predicted octanol–water partition coefficient (Wildman–Crippen LogP) is 4.21. The van der Waals surface area contributed by atoms with Gasteiger partial charge in [0.2, 0.25) is 5.91 Å². The zero-order valence-corrected chi connectivity index (χ0v) is 23.9. The van der Waals surface area contributed by atoms with Gasteiger partial charge in [0.15, 0.2) is 0 Å². The van der Waals surface area contributed by atoms with Crippen LogP contribution >= 0.6 is 11.6 Å². The number of sulfonamides is 1. The highest BCUT2D eigenvalue weighted by molar-refractivity contribution is 7.92. The number of aromatic nitrogens is 1. The van der Waals surface area contributed by atoms with Gasteiger partial charge in [0.25, 0.3) is 15.9 Å². The second-order valence-electron chi connectivity index (χ2n) is 8.64. The van der Waals surface area contributed by atoms with Crippen LogP contribution in [0, 0.1) is 0 Å². The fraction of sp³-hybridized carbons (Fsp3) is 0.143. The number of fused-ring (bicyclic) bond motifs is 1. The Morgan fingerprint density at radius 3 is 2.27 bits per heavy atom. The van der Waals surface area contributed by atoms with Crippen molar-refractivity contribution in [2.45, 2.75) is 11.8 Å². The molecule has 0 atom stereocenters. The van der Waals surface area contributed by atoms with Crippen molar-refractivity contribution in [2.75, 3.05) is 30.4 Å². The summed E-state index contributed by atoms with van der Waals surface area (Å²) in [5.41, 5.74) is 4.08. The smallest absolute Gasteiger partial charge is 0.264 e. The van der Waals surface area contributed by atoms with Gasteiger partial charge in [0.05, 0.1) is 36.5 Å². The predicted molar refractivity (Wildman–Crippen MR) is 157 cm³/mol. The van der Waals surface area contributed by atoms with Crippen LogP contribution in [0.15, 0.2) is 82.8 Å². The average molecular weight is 596 g/mol. The van der Waals surface area contributed by atoms with Crippen molar-refractivity contribution >= 4 is 61.9 Å². The van der Waals surface area contributed by atoms with Crippen molar-refractivity contribution in [2.24, 2.45) is 5.10 Å². The molecule has 13 heteroatoms. The molecule has 0 aliphatic carbocycles. The summed E-state index contributed by atoms with van der Waals surface area (Å²) in [5, 5.41) is 7.48. The number of hydrazone groups is 1. The van der Waals surface area contributed by atoms with E-state index in [1.165, 1.54) is 56.6 Å². The summed E-state index contributed by atoms with van der Waals surface area (Å²) in [5.74, 6) is 0.151. The van der Waals surface area contributed by atoms with E-state index in [1.54, 1.807) is 37.4 Å². The summed E-state index contributed by atoms with van der Waals surface area (Å²) in [6.07, 6.45) is 1.32. The molecule has 0 spiro atoms. The maximum absolute atomic E-state index is 13.6. The van der Waals surface area contributed by atoms with E-state index >= 15 is 0 Å². The Hall–Kier alpha value is -4.68. The van der Waals surface area contributed by atoms with Gasteiger partial charge >= 0.3 is 0 Å². The first-order chi connectivity index (χ1) is 19.6. The summed E-state index contributed by atoms with van der Waals surface area (Å²) in [7, 11) is -1.16. The first-order valence-corrected chi connectivity index (χ1v) is 13.9. The van der Waals surface area contributed by atoms with E-state index in [0.29, 0.717) is 28.3 Å². The van der Waals surface area contributed by atoms with E-state index in [0.717, 1.165) is 9.69 Å². The number of nitrogens with zero attached hydrogens (tertiary/aromatic N) is 3. The van der Waals surface area contributed by atoms with Crippen LogP contribution in [0.1, 0.15) is 12.5 Å². The Morgan fingerprint density at radius 1 is 0.976 bits per heavy atom. The highest BCUT2D eigenvalue weighted by Crippen LogP contribution is 2.27. The number of benzene rings is 3. The number of hydrogen-bond donors (Lipinski definition) is 2. The summed E-state index contributed by atoms with van der Waals surface area (Å²) in [6, 6.07) is 18.9. The zero-order chi connectivity index (χ0) is 29.6. The van der Waals surface area contributed by atoms with Gasteiger partial charge in [-0.2, -0.15) is 5.10 Å². The second-order valence-corrected chi connectivity index (χ2v) is 10.9. The van der Waals surface area contributed by atoms with Gasteiger partial charge in [0.1, 0.15) is 23.2 Å². The molecule has 0 aliphatic rings. The van der Waals surface area contributed by atoms with E-state index in [9.17, 15) is 18.0 Å². The molecule has 2 N–H and O–H groups in total. The van der Waals surface area contributed by atoms with Gasteiger partial charge in [-0.05, 0) is 66.7 Å². The molecular weight excluding hydrogens is 570 g/mol. The number of methoxy groups -OCH3 is 2. The molecule has 2 amide bonds. The van der Waals surface area contributed by atoms with Crippen LogP contribution in [0.5, 0.6) is 11.5 Å². The van der Waals surface area contributed by atoms with Crippen molar-refractivity contribution in [3.05, 3.63) is 83.5 Å². The molecule has 0 saturated carbocycles. The molecule has 212 valence electrons. The van der Waals surface area contributed by atoms with Crippen molar-refractivity contribution < 1.29 is 27.5 Å². The highest BCUT2D eigenvalue weighted by Gasteiger charge is 2.27. The minimum atomic E-state index is -4.20. The van der Waals surface area contributed by atoms with Crippen molar-refractivity contribution in [1.82, 2.24) is 10.4 Å². The number of carbonyl (C=O) groups is 2. The van der Waals surface area contributed by atoms with Gasteiger partial charge in [-0.15, -0.1) is 0 Å². The molecule has 0 saturated heterocycles. The summed E-state index contributed by atoms with van der Waals surface area (Å²) in [4.78, 5) is 28.5. The van der Waals surface area contributed by atoms with Crippen molar-refractivity contribution in [3.8, 4) is 11.5 Å². The van der Waals surface area contributed by atoms with Crippen molar-refractivity contribution in [3.63, 3.8) is 0 Å². The van der Waals surface area contributed by atoms with E-state index in [4.69, 9.17) is 21.1 Å². The lowest BCUT2D eigenvalue weighted by atomic mass is 10.1. The SMILES string of the molecule is COc1ccc(N(CC(=O)N/N=C\c2cc3ccc(OC)cc3nc2Cl)S(=O)(=O)c2ccc(NC(C)=O)cc2)cc1. The third kappa shape index (κ3) is 7.10. The molecule has 0 bridgehead atoms. The topological polar surface area (TPSA) is 139 Å². The molecule has 4 rings (SSSR count). The number of rotatable bonds is 10. The van der Waals surface area contributed by atoms with Crippen LogP contribution in [0.25, 0.3) is 10.9 Å². The largest absolute Gasteiger partial charge is 0.497 e. The lowest BCUT2D eigenvalue weighted by Crippen LogP contribution is -2.39. The summed E-state index contributed by atoms with van der Waals surface area (Å²) >= 11 is 6.29. The van der Waals surface area contributed by atoms with E-state index in [1.807, 2.05) is 6.07 Å². The first kappa shape index (κ1) is 29.3. The molecule has 0 radical (unpaired) electrons. The standard InChI is InChI=1S/C28H26ClN5O6S/c1-18(35)31-21-5-12-25(13-6-21)41(37,38)34(22-7-10-23(39-2)11-8-22)17-27(36)33-30-16-20-14-19-4-9-24(40-3)15-26(19)32-28(20)29/h4-16H,17H2,1-3H3,(H,31,35)(H,33,36)/b30-16-. The minimum absolute atomic E-state index is 0.0793. The number of anilines is 2. The Labute approximate surface area is 241 Å². The molecule has 41 heavy (non-hydrogen) atoms. The summed E-state index contributed by atoms with van der Waals surface area (Å²) < 4.78 is 38.6. The normalized spacial score (nSPS) is 11.3. The fourth-order valence-corrected chi connectivity index (χ4v) is 5.42.